The molecule has 1 aromatic carbocycles. The lowest BCUT2D eigenvalue weighted by atomic mass is 10.1. The smallest absolute Gasteiger partial charge is 0.283 e. The summed E-state index contributed by atoms with van der Waals surface area (Å²) in [7, 11) is 0. The quantitative estimate of drug-likeness (QED) is 0.253. The number of nitrogens with zero attached hydrogens (tertiary/aromatic N) is 1. The topological polar surface area (TPSA) is 86.5 Å². The molecule has 1 aromatic rings. The summed E-state index contributed by atoms with van der Waals surface area (Å²) in [5.74, 6) is 0.142. The van der Waals surface area contributed by atoms with Crippen molar-refractivity contribution >= 4 is 28.8 Å². The van der Waals surface area contributed by atoms with Crippen molar-refractivity contribution in [1.82, 2.24) is 0 Å². The molecule has 102 valence electrons. The van der Waals surface area contributed by atoms with E-state index in [-0.39, 0.29) is 30.0 Å². The number of benzene rings is 1. The Balaban J connectivity index is 2.90. The molecule has 0 unspecified atom stereocenters. The van der Waals surface area contributed by atoms with E-state index in [0.717, 1.165) is 0 Å². The zero-order valence-corrected chi connectivity index (χ0v) is 11.0. The van der Waals surface area contributed by atoms with E-state index in [1.54, 1.807) is 13.0 Å². The first-order chi connectivity index (χ1) is 8.95. The van der Waals surface area contributed by atoms with E-state index in [4.69, 9.17) is 16.3 Å². The summed E-state index contributed by atoms with van der Waals surface area (Å²) >= 11 is 5.17. The molecule has 7 heteroatoms. The Morgan fingerprint density at radius 1 is 1.53 bits per heavy atom. The van der Waals surface area contributed by atoms with E-state index in [9.17, 15) is 19.7 Å². The van der Waals surface area contributed by atoms with Crippen molar-refractivity contribution in [2.75, 3.05) is 6.61 Å². The molecular weight excluding hydrogens is 274 g/mol. The largest absolute Gasteiger partial charge is 0.493 e. The molecule has 0 atom stereocenters. The standard InChI is InChI=1S/C12H12ClNO5/c1-8-5-10(14(17)18)9(7-15)11(6-8)19-4-2-3-12(13)16/h5-7H,2-4H2,1H3. The van der Waals surface area contributed by atoms with Crippen LogP contribution in [-0.4, -0.2) is 23.1 Å². The van der Waals surface area contributed by atoms with Crippen molar-refractivity contribution in [3.63, 3.8) is 0 Å². The van der Waals surface area contributed by atoms with Crippen LogP contribution in [0.25, 0.3) is 0 Å². The number of aryl methyl sites for hydroxylation is 1. The van der Waals surface area contributed by atoms with Crippen LogP contribution in [-0.2, 0) is 4.79 Å². The summed E-state index contributed by atoms with van der Waals surface area (Å²) in [4.78, 5) is 31.7. The van der Waals surface area contributed by atoms with E-state index in [1.807, 2.05) is 0 Å². The average molecular weight is 286 g/mol. The molecule has 0 aromatic heterocycles. The Labute approximate surface area is 114 Å². The number of nitro groups is 1. The Morgan fingerprint density at radius 2 is 2.21 bits per heavy atom. The Morgan fingerprint density at radius 3 is 2.74 bits per heavy atom. The van der Waals surface area contributed by atoms with Gasteiger partial charge in [0.1, 0.15) is 11.3 Å². The summed E-state index contributed by atoms with van der Waals surface area (Å²) in [6.45, 7) is 1.82. The van der Waals surface area contributed by atoms with Crippen LogP contribution >= 0.6 is 11.6 Å². The zero-order chi connectivity index (χ0) is 14.4. The van der Waals surface area contributed by atoms with Crippen LogP contribution in [0.4, 0.5) is 5.69 Å². The van der Waals surface area contributed by atoms with E-state index in [1.165, 1.54) is 6.07 Å². The summed E-state index contributed by atoms with van der Waals surface area (Å²) in [5, 5.41) is 10.4. The van der Waals surface area contributed by atoms with Gasteiger partial charge in [-0.3, -0.25) is 19.7 Å². The van der Waals surface area contributed by atoms with E-state index >= 15 is 0 Å². The van der Waals surface area contributed by atoms with Gasteiger partial charge in [0, 0.05) is 12.5 Å². The maximum atomic E-state index is 10.9. The fraction of sp³-hybridized carbons (Fsp3) is 0.333. The van der Waals surface area contributed by atoms with Crippen molar-refractivity contribution in [2.45, 2.75) is 19.8 Å². The highest BCUT2D eigenvalue weighted by Crippen LogP contribution is 2.28. The number of ether oxygens (including phenoxy) is 1. The van der Waals surface area contributed by atoms with Crippen molar-refractivity contribution in [3.8, 4) is 5.75 Å². The lowest BCUT2D eigenvalue weighted by molar-refractivity contribution is -0.385. The molecule has 0 aliphatic carbocycles. The van der Waals surface area contributed by atoms with Crippen LogP contribution in [0.1, 0.15) is 28.8 Å². The van der Waals surface area contributed by atoms with Gasteiger partial charge in [0.15, 0.2) is 6.29 Å². The highest BCUT2D eigenvalue weighted by atomic mass is 35.5. The van der Waals surface area contributed by atoms with Crippen LogP contribution in [0, 0.1) is 17.0 Å². The lowest BCUT2D eigenvalue weighted by Crippen LogP contribution is -2.04. The minimum Gasteiger partial charge on any atom is -0.493 e. The first kappa shape index (κ1) is 15.1. The number of rotatable bonds is 7. The normalized spacial score (nSPS) is 10.0. The lowest BCUT2D eigenvalue weighted by Gasteiger charge is -2.09. The molecule has 0 radical (unpaired) electrons. The molecule has 0 saturated heterocycles. The number of carbonyl (C=O) groups is 2. The van der Waals surface area contributed by atoms with Gasteiger partial charge in [0.2, 0.25) is 5.24 Å². The van der Waals surface area contributed by atoms with Crippen LogP contribution in [0.2, 0.25) is 0 Å². The highest BCUT2D eigenvalue weighted by Gasteiger charge is 2.19. The van der Waals surface area contributed by atoms with Crippen LogP contribution in [0.5, 0.6) is 5.75 Å². The average Bonchev–Trinajstić information content (AvgIpc) is 2.33. The van der Waals surface area contributed by atoms with Crippen molar-refractivity contribution in [3.05, 3.63) is 33.4 Å². The maximum Gasteiger partial charge on any atom is 0.283 e. The summed E-state index contributed by atoms with van der Waals surface area (Å²) in [5.41, 5.74) is 0.215. The summed E-state index contributed by atoms with van der Waals surface area (Å²) in [6.07, 6.45) is 0.911. The number of hydrogen-bond acceptors (Lipinski definition) is 5. The molecule has 0 heterocycles. The number of nitro benzene ring substituents is 1. The van der Waals surface area contributed by atoms with Gasteiger partial charge in [-0.05, 0) is 36.6 Å². The third-order valence-corrected chi connectivity index (χ3v) is 2.54. The Hall–Kier alpha value is -1.95. The molecule has 0 aliphatic heterocycles. The minimum absolute atomic E-state index is 0.104. The van der Waals surface area contributed by atoms with Gasteiger partial charge in [-0.25, -0.2) is 0 Å². The van der Waals surface area contributed by atoms with Crippen molar-refractivity contribution in [1.29, 1.82) is 0 Å². The molecule has 0 amide bonds. The number of carbonyl (C=O) groups excluding carboxylic acids is 2. The van der Waals surface area contributed by atoms with Gasteiger partial charge in [0.05, 0.1) is 11.5 Å². The maximum absolute atomic E-state index is 10.9. The molecule has 0 bridgehead atoms. The SMILES string of the molecule is Cc1cc(OCCCC(=O)Cl)c(C=O)c([N+](=O)[O-])c1. The van der Waals surface area contributed by atoms with Crippen LogP contribution in [0.15, 0.2) is 12.1 Å². The predicted octanol–water partition coefficient (Wildman–Crippen LogP) is 2.64. The van der Waals surface area contributed by atoms with Crippen molar-refractivity contribution < 1.29 is 19.2 Å². The molecule has 0 fully saturated rings. The van der Waals surface area contributed by atoms with E-state index in [0.29, 0.717) is 18.3 Å². The predicted molar refractivity (Wildman–Crippen MR) is 68.8 cm³/mol. The van der Waals surface area contributed by atoms with Gasteiger partial charge in [0.25, 0.3) is 5.69 Å². The molecule has 0 saturated carbocycles. The molecule has 1 rings (SSSR count). The molecule has 19 heavy (non-hydrogen) atoms. The molecule has 6 nitrogen and oxygen atoms in total. The highest BCUT2D eigenvalue weighted by molar-refractivity contribution is 6.63. The number of halogens is 1. The van der Waals surface area contributed by atoms with Gasteiger partial charge in [-0.1, -0.05) is 0 Å². The second kappa shape index (κ2) is 6.84. The van der Waals surface area contributed by atoms with Gasteiger partial charge >= 0.3 is 0 Å². The second-order valence-corrected chi connectivity index (χ2v) is 4.30. The Kier molecular flexibility index (Phi) is 5.44. The molecular formula is C12H12ClNO5. The van der Waals surface area contributed by atoms with E-state index in [2.05, 4.69) is 0 Å². The third-order valence-electron chi connectivity index (χ3n) is 2.35. The van der Waals surface area contributed by atoms with E-state index < -0.39 is 10.2 Å². The summed E-state index contributed by atoms with van der Waals surface area (Å²) in [6, 6.07) is 2.85. The molecule has 0 spiro atoms. The first-order valence-corrected chi connectivity index (χ1v) is 5.89. The van der Waals surface area contributed by atoms with Crippen molar-refractivity contribution in [2.24, 2.45) is 0 Å². The van der Waals surface area contributed by atoms with Crippen LogP contribution in [0.3, 0.4) is 0 Å². The first-order valence-electron chi connectivity index (χ1n) is 5.51. The molecule has 0 aliphatic rings. The monoisotopic (exact) mass is 285 g/mol. The minimum atomic E-state index is -0.633. The fourth-order valence-electron chi connectivity index (χ4n) is 1.53. The van der Waals surface area contributed by atoms with Gasteiger partial charge in [-0.2, -0.15) is 0 Å². The molecule has 0 N–H and O–H groups in total. The fourth-order valence-corrected chi connectivity index (χ4v) is 1.66. The van der Waals surface area contributed by atoms with Crippen LogP contribution < -0.4 is 4.74 Å². The number of hydrogen-bond donors (Lipinski definition) is 0. The number of aldehydes is 1. The third kappa shape index (κ3) is 4.33. The Bertz CT molecular complexity index is 515. The second-order valence-electron chi connectivity index (χ2n) is 3.88. The van der Waals surface area contributed by atoms with Gasteiger partial charge in [-0.15, -0.1) is 0 Å². The zero-order valence-electron chi connectivity index (χ0n) is 10.2. The summed E-state index contributed by atoms with van der Waals surface area (Å²) < 4.78 is 5.30. The van der Waals surface area contributed by atoms with Gasteiger partial charge < -0.3 is 4.74 Å².